The van der Waals surface area contributed by atoms with Crippen LogP contribution in [0.25, 0.3) is 0 Å². The summed E-state index contributed by atoms with van der Waals surface area (Å²) in [6.45, 7) is 8.01. The first-order valence-electron chi connectivity index (χ1n) is 9.22. The highest BCUT2D eigenvalue weighted by Gasteiger charge is 2.11. The minimum Gasteiger partial charge on any atom is -0.497 e. The van der Waals surface area contributed by atoms with Crippen LogP contribution in [0.15, 0.2) is 42.6 Å². The minimum absolute atomic E-state index is 0.0779. The number of carbonyl (C=O) groups is 1. The molecule has 0 radical (unpaired) electrons. The second-order valence-electron chi connectivity index (χ2n) is 6.34. The van der Waals surface area contributed by atoms with E-state index in [4.69, 9.17) is 4.74 Å². The Morgan fingerprint density at radius 3 is 2.38 bits per heavy atom. The average Bonchev–Trinajstić information content (AvgIpc) is 2.68. The summed E-state index contributed by atoms with van der Waals surface area (Å²) in [6, 6.07) is 11.9. The number of hydrogen-bond acceptors (Lipinski definition) is 4. The molecule has 1 aromatic heterocycles. The summed E-state index contributed by atoms with van der Waals surface area (Å²) in [5, 5.41) is 3.05. The summed E-state index contributed by atoms with van der Waals surface area (Å²) >= 11 is 0. The third-order valence-electron chi connectivity index (χ3n) is 4.50. The molecule has 0 aliphatic heterocycles. The number of aryl methyl sites for hydroxylation is 1. The van der Waals surface area contributed by atoms with Gasteiger partial charge in [0, 0.05) is 25.3 Å². The Morgan fingerprint density at radius 2 is 1.85 bits per heavy atom. The normalized spacial score (nSPS) is 11.7. The standard InChI is InChI=1S/C21H29N3O2/c1-5-24(6-2)20-14-11-18(15-22-20)21(25)23-16(3)7-8-17-9-12-19(26-4)13-10-17/h9-16H,5-8H2,1-4H3,(H,23,25). The van der Waals surface area contributed by atoms with E-state index in [1.54, 1.807) is 13.3 Å². The van der Waals surface area contributed by atoms with Gasteiger partial charge >= 0.3 is 0 Å². The Bertz CT molecular complexity index is 679. The lowest BCUT2D eigenvalue weighted by molar-refractivity contribution is 0.0938. The molecule has 2 aromatic rings. The predicted octanol–water partition coefficient (Wildman–Crippen LogP) is 3.69. The number of hydrogen-bond donors (Lipinski definition) is 1. The number of nitrogens with one attached hydrogen (secondary N) is 1. The molecular weight excluding hydrogens is 326 g/mol. The Balaban J connectivity index is 1.85. The van der Waals surface area contributed by atoms with Crippen LogP contribution in [0.3, 0.4) is 0 Å². The van der Waals surface area contributed by atoms with E-state index in [1.165, 1.54) is 5.56 Å². The van der Waals surface area contributed by atoms with Crippen LogP contribution in [-0.2, 0) is 6.42 Å². The topological polar surface area (TPSA) is 54.5 Å². The van der Waals surface area contributed by atoms with E-state index in [-0.39, 0.29) is 11.9 Å². The van der Waals surface area contributed by atoms with Crippen molar-refractivity contribution < 1.29 is 9.53 Å². The van der Waals surface area contributed by atoms with Gasteiger partial charge in [0.05, 0.1) is 12.7 Å². The molecule has 0 bridgehead atoms. The lowest BCUT2D eigenvalue weighted by Gasteiger charge is -2.20. The summed E-state index contributed by atoms with van der Waals surface area (Å²) in [4.78, 5) is 19.0. The maximum atomic E-state index is 12.4. The molecule has 5 heteroatoms. The first-order valence-corrected chi connectivity index (χ1v) is 9.22. The van der Waals surface area contributed by atoms with Gasteiger partial charge in [-0.3, -0.25) is 4.79 Å². The lowest BCUT2D eigenvalue weighted by Crippen LogP contribution is -2.33. The second-order valence-corrected chi connectivity index (χ2v) is 6.34. The quantitative estimate of drug-likeness (QED) is 0.745. The number of ether oxygens (including phenoxy) is 1. The van der Waals surface area contributed by atoms with Crippen molar-refractivity contribution in [1.82, 2.24) is 10.3 Å². The monoisotopic (exact) mass is 355 g/mol. The van der Waals surface area contributed by atoms with Gasteiger partial charge in [-0.1, -0.05) is 12.1 Å². The van der Waals surface area contributed by atoms with Crippen molar-refractivity contribution in [3.8, 4) is 5.75 Å². The minimum atomic E-state index is -0.0779. The number of amides is 1. The van der Waals surface area contributed by atoms with E-state index in [1.807, 2.05) is 31.2 Å². The summed E-state index contributed by atoms with van der Waals surface area (Å²) in [5.41, 5.74) is 1.83. The van der Waals surface area contributed by atoms with Gasteiger partial charge in [-0.05, 0) is 63.4 Å². The maximum absolute atomic E-state index is 12.4. The first kappa shape index (κ1) is 19.8. The SMILES string of the molecule is CCN(CC)c1ccc(C(=O)NC(C)CCc2ccc(OC)cc2)cn1. The van der Waals surface area contributed by atoms with E-state index in [9.17, 15) is 4.79 Å². The first-order chi connectivity index (χ1) is 12.6. The van der Waals surface area contributed by atoms with Crippen molar-refractivity contribution in [3.05, 3.63) is 53.7 Å². The summed E-state index contributed by atoms with van der Waals surface area (Å²) in [5.74, 6) is 1.68. The molecule has 0 aliphatic carbocycles. The van der Waals surface area contributed by atoms with E-state index >= 15 is 0 Å². The highest BCUT2D eigenvalue weighted by molar-refractivity contribution is 5.94. The molecule has 1 unspecified atom stereocenters. The van der Waals surface area contributed by atoms with E-state index in [0.717, 1.165) is 37.5 Å². The highest BCUT2D eigenvalue weighted by Crippen LogP contribution is 2.14. The smallest absolute Gasteiger partial charge is 0.253 e. The maximum Gasteiger partial charge on any atom is 0.253 e. The van der Waals surface area contributed by atoms with Crippen LogP contribution in [0, 0.1) is 0 Å². The van der Waals surface area contributed by atoms with Crippen LogP contribution in [0.2, 0.25) is 0 Å². The Kier molecular flexibility index (Phi) is 7.45. The second kappa shape index (κ2) is 9.80. The van der Waals surface area contributed by atoms with Crippen LogP contribution in [-0.4, -0.2) is 37.1 Å². The zero-order valence-electron chi connectivity index (χ0n) is 16.2. The van der Waals surface area contributed by atoms with Gasteiger partial charge in [-0.2, -0.15) is 0 Å². The number of rotatable bonds is 9. The fourth-order valence-corrected chi connectivity index (χ4v) is 2.81. The average molecular weight is 355 g/mol. The van der Waals surface area contributed by atoms with Crippen LogP contribution in [0.5, 0.6) is 5.75 Å². The third-order valence-corrected chi connectivity index (χ3v) is 4.50. The molecule has 140 valence electrons. The number of methoxy groups -OCH3 is 1. The fraction of sp³-hybridized carbons (Fsp3) is 0.429. The number of pyridine rings is 1. The van der Waals surface area contributed by atoms with Crippen molar-refractivity contribution >= 4 is 11.7 Å². The van der Waals surface area contributed by atoms with E-state index in [2.05, 4.69) is 41.2 Å². The molecule has 1 heterocycles. The Morgan fingerprint density at radius 1 is 1.15 bits per heavy atom. The molecule has 1 atom stereocenters. The molecule has 0 saturated heterocycles. The van der Waals surface area contributed by atoms with Gasteiger partial charge < -0.3 is 15.0 Å². The molecule has 2 rings (SSSR count). The molecule has 1 N–H and O–H groups in total. The highest BCUT2D eigenvalue weighted by atomic mass is 16.5. The van der Waals surface area contributed by atoms with Gasteiger partial charge in [0.1, 0.15) is 11.6 Å². The Hall–Kier alpha value is -2.56. The molecule has 0 saturated carbocycles. The van der Waals surface area contributed by atoms with Crippen molar-refractivity contribution in [3.63, 3.8) is 0 Å². The van der Waals surface area contributed by atoms with Crippen LogP contribution < -0.4 is 15.0 Å². The zero-order chi connectivity index (χ0) is 18.9. The number of aromatic nitrogens is 1. The Labute approximate surface area is 156 Å². The van der Waals surface area contributed by atoms with Gasteiger partial charge in [0.25, 0.3) is 5.91 Å². The van der Waals surface area contributed by atoms with Crippen molar-refractivity contribution in [2.75, 3.05) is 25.1 Å². The molecular formula is C21H29N3O2. The van der Waals surface area contributed by atoms with Crippen molar-refractivity contribution in [2.45, 2.75) is 39.7 Å². The molecule has 5 nitrogen and oxygen atoms in total. The predicted molar refractivity (Wildman–Crippen MR) is 106 cm³/mol. The number of nitrogens with zero attached hydrogens (tertiary/aromatic N) is 2. The molecule has 1 amide bonds. The third kappa shape index (κ3) is 5.48. The van der Waals surface area contributed by atoms with Crippen molar-refractivity contribution in [1.29, 1.82) is 0 Å². The van der Waals surface area contributed by atoms with Crippen molar-refractivity contribution in [2.24, 2.45) is 0 Å². The van der Waals surface area contributed by atoms with Gasteiger partial charge in [0.2, 0.25) is 0 Å². The van der Waals surface area contributed by atoms with Crippen LogP contribution >= 0.6 is 0 Å². The molecule has 0 aliphatic rings. The van der Waals surface area contributed by atoms with E-state index in [0.29, 0.717) is 5.56 Å². The zero-order valence-corrected chi connectivity index (χ0v) is 16.2. The van der Waals surface area contributed by atoms with Gasteiger partial charge in [-0.25, -0.2) is 4.98 Å². The molecule has 26 heavy (non-hydrogen) atoms. The van der Waals surface area contributed by atoms with Gasteiger partial charge in [-0.15, -0.1) is 0 Å². The van der Waals surface area contributed by atoms with Gasteiger partial charge in [0.15, 0.2) is 0 Å². The summed E-state index contributed by atoms with van der Waals surface area (Å²) in [6.07, 6.45) is 3.44. The largest absolute Gasteiger partial charge is 0.497 e. The lowest BCUT2D eigenvalue weighted by atomic mass is 10.1. The molecule has 1 aromatic carbocycles. The molecule has 0 spiro atoms. The molecule has 0 fully saturated rings. The number of benzene rings is 1. The summed E-state index contributed by atoms with van der Waals surface area (Å²) in [7, 11) is 1.66. The van der Waals surface area contributed by atoms with Crippen LogP contribution in [0.4, 0.5) is 5.82 Å². The number of carbonyl (C=O) groups excluding carboxylic acids is 1. The van der Waals surface area contributed by atoms with Crippen LogP contribution in [0.1, 0.15) is 43.1 Å². The summed E-state index contributed by atoms with van der Waals surface area (Å²) < 4.78 is 5.17. The van der Waals surface area contributed by atoms with E-state index < -0.39 is 0 Å². The number of anilines is 1. The fourth-order valence-electron chi connectivity index (χ4n) is 2.81.